The summed E-state index contributed by atoms with van der Waals surface area (Å²) in [6.45, 7) is 1.81. The van der Waals surface area contributed by atoms with Gasteiger partial charge in [0.15, 0.2) is 0 Å². The van der Waals surface area contributed by atoms with Gasteiger partial charge in [-0.15, -0.1) is 0 Å². The second-order valence-electron chi connectivity index (χ2n) is 8.14. The molecule has 1 aliphatic heterocycles. The lowest BCUT2D eigenvalue weighted by Gasteiger charge is -2.37. The van der Waals surface area contributed by atoms with Crippen molar-refractivity contribution in [2.24, 2.45) is 5.92 Å². The number of carbonyl (C=O) groups excluding carboxylic acids is 1. The van der Waals surface area contributed by atoms with Crippen molar-refractivity contribution >= 4 is 17.8 Å². The number of hydrogen-bond acceptors (Lipinski definition) is 7. The highest BCUT2D eigenvalue weighted by molar-refractivity contribution is 5.94. The molecule has 2 aromatic heterocycles. The highest BCUT2D eigenvalue weighted by Gasteiger charge is 2.43. The van der Waals surface area contributed by atoms with Crippen molar-refractivity contribution in [2.75, 3.05) is 19.8 Å². The number of alkyl halides is 6. The van der Waals surface area contributed by atoms with Crippen LogP contribution in [0, 0.1) is 5.92 Å². The lowest BCUT2D eigenvalue weighted by atomic mass is 10.1. The number of halogens is 6. The fourth-order valence-electron chi connectivity index (χ4n) is 3.73. The largest absolute Gasteiger partial charge is 0.490 e. The molecule has 10 nitrogen and oxygen atoms in total. The molecule has 1 amide bonds. The topological polar surface area (TPSA) is 139 Å². The third kappa shape index (κ3) is 10.0. The van der Waals surface area contributed by atoms with Gasteiger partial charge in [0.05, 0.1) is 30.9 Å². The fraction of sp³-hybridized carbons (Fsp3) is 0.435. The van der Waals surface area contributed by atoms with E-state index in [4.69, 9.17) is 29.3 Å². The quantitative estimate of drug-likeness (QED) is 0.532. The second kappa shape index (κ2) is 13.7. The first-order chi connectivity index (χ1) is 18.2. The molecule has 0 aromatic carbocycles. The van der Waals surface area contributed by atoms with Gasteiger partial charge >= 0.3 is 24.3 Å². The number of fused-ring (bicyclic) bond motifs is 1. The second-order valence-corrected chi connectivity index (χ2v) is 8.14. The van der Waals surface area contributed by atoms with Crippen LogP contribution in [-0.2, 0) is 14.3 Å². The molecule has 0 radical (unpaired) electrons. The first-order valence-corrected chi connectivity index (χ1v) is 11.2. The van der Waals surface area contributed by atoms with Crippen LogP contribution in [0.25, 0.3) is 0 Å². The Kier molecular flexibility index (Phi) is 11.0. The molecule has 2 N–H and O–H groups in total. The van der Waals surface area contributed by atoms with Crippen LogP contribution in [0.5, 0.6) is 5.88 Å². The summed E-state index contributed by atoms with van der Waals surface area (Å²) < 4.78 is 75.2. The number of aliphatic carboxylic acids is 2. The van der Waals surface area contributed by atoms with Crippen LogP contribution in [0.2, 0.25) is 0 Å². The molecule has 2 fully saturated rings. The summed E-state index contributed by atoms with van der Waals surface area (Å²) in [6, 6.07) is 9.36. The van der Waals surface area contributed by atoms with Crippen LogP contribution in [-0.4, -0.2) is 87.2 Å². The lowest BCUT2D eigenvalue weighted by Crippen LogP contribution is -2.51. The zero-order chi connectivity index (χ0) is 29.2. The molecule has 1 aliphatic carbocycles. The minimum absolute atomic E-state index is 0.0395. The van der Waals surface area contributed by atoms with Crippen LogP contribution in [0.4, 0.5) is 26.3 Å². The summed E-state index contributed by atoms with van der Waals surface area (Å²) in [4.78, 5) is 40.8. The van der Waals surface area contributed by atoms with Crippen LogP contribution in [0.15, 0.2) is 48.9 Å². The molecule has 214 valence electrons. The van der Waals surface area contributed by atoms with E-state index in [1.54, 1.807) is 24.7 Å². The van der Waals surface area contributed by atoms with Crippen molar-refractivity contribution in [3.63, 3.8) is 0 Å². The number of aromatic nitrogens is 2. The van der Waals surface area contributed by atoms with E-state index < -0.39 is 24.3 Å². The summed E-state index contributed by atoms with van der Waals surface area (Å²) in [5, 5.41) is 14.2. The van der Waals surface area contributed by atoms with Crippen molar-refractivity contribution in [2.45, 2.75) is 37.3 Å². The first-order valence-electron chi connectivity index (χ1n) is 11.2. The molecule has 3 heterocycles. The number of morpholine rings is 1. The monoisotopic (exact) mass is 567 g/mol. The molecule has 1 saturated carbocycles. The molecule has 2 aliphatic rings. The minimum atomic E-state index is -5.08. The Hall–Kier alpha value is -3.95. The third-order valence-electron chi connectivity index (χ3n) is 5.39. The van der Waals surface area contributed by atoms with Crippen LogP contribution < -0.4 is 4.74 Å². The Labute approximate surface area is 217 Å². The van der Waals surface area contributed by atoms with E-state index in [1.807, 2.05) is 29.2 Å². The highest BCUT2D eigenvalue weighted by Crippen LogP contribution is 2.35. The van der Waals surface area contributed by atoms with Gasteiger partial charge in [0.2, 0.25) is 5.88 Å². The average Bonchev–Trinajstić information content (AvgIpc) is 3.31. The van der Waals surface area contributed by atoms with E-state index in [9.17, 15) is 31.1 Å². The van der Waals surface area contributed by atoms with Gasteiger partial charge < -0.3 is 24.6 Å². The van der Waals surface area contributed by atoms with Gasteiger partial charge in [-0.25, -0.2) is 14.6 Å². The van der Waals surface area contributed by atoms with E-state index in [0.29, 0.717) is 37.1 Å². The summed E-state index contributed by atoms with van der Waals surface area (Å²) in [5.74, 6) is -4.47. The van der Waals surface area contributed by atoms with Crippen molar-refractivity contribution < 1.29 is 60.4 Å². The molecule has 3 atom stereocenters. The highest BCUT2D eigenvalue weighted by atomic mass is 19.4. The Morgan fingerprint density at radius 2 is 1.62 bits per heavy atom. The number of hydrogen-bond donors (Lipinski definition) is 2. The van der Waals surface area contributed by atoms with Crippen LogP contribution in [0.3, 0.4) is 0 Å². The lowest BCUT2D eigenvalue weighted by molar-refractivity contribution is -0.193. The minimum Gasteiger partial charge on any atom is -0.477 e. The normalized spacial score (nSPS) is 20.4. The van der Waals surface area contributed by atoms with Crippen molar-refractivity contribution in [1.29, 1.82) is 0 Å². The summed E-state index contributed by atoms with van der Waals surface area (Å²) in [6.07, 6.45) is -3.24. The number of carbonyl (C=O) groups is 3. The van der Waals surface area contributed by atoms with E-state index >= 15 is 0 Å². The number of nitrogens with zero attached hydrogens (tertiary/aromatic N) is 3. The van der Waals surface area contributed by atoms with E-state index in [1.165, 1.54) is 0 Å². The molecule has 16 heteroatoms. The van der Waals surface area contributed by atoms with E-state index in [0.717, 1.165) is 12.8 Å². The third-order valence-corrected chi connectivity index (χ3v) is 5.39. The fourth-order valence-corrected chi connectivity index (χ4v) is 3.73. The molecule has 0 spiro atoms. The molecular weight excluding hydrogens is 544 g/mol. The van der Waals surface area contributed by atoms with Gasteiger partial charge in [-0.1, -0.05) is 6.07 Å². The van der Waals surface area contributed by atoms with Crippen molar-refractivity contribution in [1.82, 2.24) is 14.9 Å². The van der Waals surface area contributed by atoms with Crippen LogP contribution >= 0.6 is 0 Å². The first kappa shape index (κ1) is 31.3. The molecule has 4 rings (SSSR count). The van der Waals surface area contributed by atoms with Crippen LogP contribution in [0.1, 0.15) is 23.2 Å². The predicted molar refractivity (Wildman–Crippen MR) is 119 cm³/mol. The maximum Gasteiger partial charge on any atom is 0.490 e. The Bertz CT molecular complexity index is 1060. The summed E-state index contributed by atoms with van der Waals surface area (Å²) in [5.41, 5.74) is 0.635. The van der Waals surface area contributed by atoms with E-state index in [2.05, 4.69) is 9.97 Å². The summed E-state index contributed by atoms with van der Waals surface area (Å²) >= 11 is 0. The molecular formula is C23H23F6N3O7. The zero-order valence-corrected chi connectivity index (χ0v) is 19.9. The maximum absolute atomic E-state index is 12.8. The van der Waals surface area contributed by atoms with Gasteiger partial charge in [0.25, 0.3) is 5.91 Å². The van der Waals surface area contributed by atoms with Gasteiger partial charge in [-0.3, -0.25) is 9.78 Å². The maximum atomic E-state index is 12.8. The van der Waals surface area contributed by atoms with Gasteiger partial charge in [-0.2, -0.15) is 26.3 Å². The Balaban J connectivity index is 0.000000317. The number of carboxylic acids is 2. The number of carboxylic acid groups (broad SMARTS) is 2. The summed E-state index contributed by atoms with van der Waals surface area (Å²) in [7, 11) is 0. The SMILES string of the molecule is O=C(O)C(F)(F)F.O=C(O)C(F)(F)F.O=C(c1cccnc1)N1CCOC2CC(COc3ccccn3)CC21. The van der Waals surface area contributed by atoms with Crippen molar-refractivity contribution in [3.8, 4) is 5.88 Å². The van der Waals surface area contributed by atoms with Gasteiger partial charge in [-0.05, 0) is 37.0 Å². The molecule has 1 saturated heterocycles. The zero-order valence-electron chi connectivity index (χ0n) is 19.9. The standard InChI is InChI=1S/C19H21N3O3.2C2HF3O2/c23-19(15-4-3-6-20-12-15)22-8-9-24-17-11-14(10-16(17)22)13-25-18-5-1-2-7-21-18;2*3-2(4,5)1(6)7/h1-7,12,14,16-17H,8-11,13H2;2*(H,6,7). The molecule has 0 bridgehead atoms. The number of ether oxygens (including phenoxy) is 2. The number of pyridine rings is 2. The molecule has 2 aromatic rings. The molecule has 39 heavy (non-hydrogen) atoms. The van der Waals surface area contributed by atoms with E-state index in [-0.39, 0.29) is 18.1 Å². The predicted octanol–water partition coefficient (Wildman–Crippen LogP) is 3.44. The Morgan fingerprint density at radius 1 is 0.974 bits per heavy atom. The number of rotatable bonds is 4. The van der Waals surface area contributed by atoms with Gasteiger partial charge in [0.1, 0.15) is 0 Å². The van der Waals surface area contributed by atoms with Gasteiger partial charge in [0, 0.05) is 31.2 Å². The Morgan fingerprint density at radius 3 is 2.13 bits per heavy atom. The molecule has 3 unspecified atom stereocenters. The van der Waals surface area contributed by atoms with Crippen molar-refractivity contribution in [3.05, 3.63) is 54.5 Å². The number of amides is 1. The average molecular weight is 567 g/mol. The smallest absolute Gasteiger partial charge is 0.477 e.